The van der Waals surface area contributed by atoms with Crippen LogP contribution in [0, 0.1) is 0 Å². The maximum atomic E-state index is 12.4. The Morgan fingerprint density at radius 3 is 2.15 bits per heavy atom. The van der Waals surface area contributed by atoms with Gasteiger partial charge in [0.15, 0.2) is 0 Å². The second-order valence-electron chi connectivity index (χ2n) is 5.30. The van der Waals surface area contributed by atoms with Crippen LogP contribution in [0.2, 0.25) is 0 Å². The molecule has 0 radical (unpaired) electrons. The number of amides is 1. The summed E-state index contributed by atoms with van der Waals surface area (Å²) >= 11 is 0. The van der Waals surface area contributed by atoms with Crippen LogP contribution in [0.1, 0.15) is 29.6 Å². The lowest BCUT2D eigenvalue weighted by Crippen LogP contribution is -2.64. The van der Waals surface area contributed by atoms with Gasteiger partial charge in [0.1, 0.15) is 0 Å². The van der Waals surface area contributed by atoms with Crippen molar-refractivity contribution in [3.63, 3.8) is 0 Å². The Morgan fingerprint density at radius 1 is 1.15 bits per heavy atom. The van der Waals surface area contributed by atoms with Gasteiger partial charge in [0.2, 0.25) is 11.5 Å². The molecule has 0 aliphatic carbocycles. The first-order valence-electron chi connectivity index (χ1n) is 7.11. The van der Waals surface area contributed by atoms with Crippen LogP contribution in [0.3, 0.4) is 0 Å². The number of aromatic nitrogens is 2. The third-order valence-electron chi connectivity index (χ3n) is 3.46. The molecule has 0 fully saturated rings. The van der Waals surface area contributed by atoms with Crippen molar-refractivity contribution in [2.45, 2.75) is 31.2 Å². The van der Waals surface area contributed by atoms with Crippen molar-refractivity contribution >= 4 is 5.91 Å². The van der Waals surface area contributed by atoms with Crippen LogP contribution < -0.4 is 5.32 Å². The van der Waals surface area contributed by atoms with E-state index < -0.39 is 36.1 Å². The Hall–Kier alpha value is -2.54. The van der Waals surface area contributed by atoms with Crippen LogP contribution in [0.4, 0.5) is 13.2 Å². The Kier molecular flexibility index (Phi) is 5.05. The molecule has 1 heterocycles. The van der Waals surface area contributed by atoms with Crippen LogP contribution in [0.5, 0.6) is 0 Å². The quantitative estimate of drug-likeness (QED) is 0.465. The number of hydrogen-bond donors (Lipinski definition) is 5. The molecule has 12 heteroatoms. The van der Waals surface area contributed by atoms with Gasteiger partial charge in [-0.3, -0.25) is 4.79 Å². The Bertz CT molecular complexity index is 784. The van der Waals surface area contributed by atoms with Crippen molar-refractivity contribution in [3.05, 3.63) is 35.7 Å². The molecule has 0 aliphatic rings. The molecule has 9 nitrogen and oxygen atoms in total. The number of hydrogen-bond acceptors (Lipinski definition) is 8. The Labute approximate surface area is 143 Å². The standard InChI is InChI=1S/C14H14F3N3O6/c1-2-12(22,14(23,24)25)19-10(21)8-5-3-7(4-6-8)9-18-11(26-20-9)13(15,16)17/h3-6,22-25H,2H2,1H3,(H,19,21). The topological polar surface area (TPSA) is 149 Å². The third kappa shape index (κ3) is 3.99. The molecule has 0 bridgehead atoms. The fourth-order valence-electron chi connectivity index (χ4n) is 1.90. The average molecular weight is 377 g/mol. The van der Waals surface area contributed by atoms with E-state index in [1.807, 2.05) is 5.32 Å². The molecule has 1 atom stereocenters. The number of aliphatic hydroxyl groups is 4. The van der Waals surface area contributed by atoms with E-state index in [1.165, 1.54) is 19.1 Å². The number of halogens is 3. The van der Waals surface area contributed by atoms with E-state index in [4.69, 9.17) is 15.3 Å². The number of nitrogens with zero attached hydrogens (tertiary/aromatic N) is 2. The second kappa shape index (κ2) is 6.64. The summed E-state index contributed by atoms with van der Waals surface area (Å²) in [4.78, 5) is 15.2. The SMILES string of the molecule is CCC(O)(NC(=O)c1ccc(-c2noc(C(F)(F)F)n2)cc1)C(O)(O)O. The highest BCUT2D eigenvalue weighted by atomic mass is 19.4. The molecule has 1 aromatic heterocycles. The molecule has 0 aliphatic heterocycles. The maximum Gasteiger partial charge on any atom is 0.471 e. The van der Waals surface area contributed by atoms with Crippen molar-refractivity contribution < 1.29 is 42.9 Å². The van der Waals surface area contributed by atoms with E-state index in [1.54, 1.807) is 0 Å². The van der Waals surface area contributed by atoms with Crippen molar-refractivity contribution in [2.24, 2.45) is 0 Å². The van der Waals surface area contributed by atoms with Crippen molar-refractivity contribution in [3.8, 4) is 11.4 Å². The number of benzene rings is 1. The number of carbonyl (C=O) groups excluding carboxylic acids is 1. The minimum atomic E-state index is -4.79. The first-order chi connectivity index (χ1) is 11.9. The van der Waals surface area contributed by atoms with Gasteiger partial charge < -0.3 is 30.3 Å². The van der Waals surface area contributed by atoms with Gasteiger partial charge in [0, 0.05) is 17.5 Å². The minimum Gasteiger partial charge on any atom is -0.364 e. The average Bonchev–Trinajstić information content (AvgIpc) is 3.04. The highest BCUT2D eigenvalue weighted by Gasteiger charge is 2.47. The third-order valence-corrected chi connectivity index (χ3v) is 3.46. The first-order valence-corrected chi connectivity index (χ1v) is 7.11. The summed E-state index contributed by atoms with van der Waals surface area (Å²) < 4.78 is 41.4. The molecular formula is C14H14F3N3O6. The molecule has 2 rings (SSSR count). The second-order valence-corrected chi connectivity index (χ2v) is 5.30. The lowest BCUT2D eigenvalue weighted by atomic mass is 10.1. The van der Waals surface area contributed by atoms with Crippen LogP contribution in [0.15, 0.2) is 28.8 Å². The van der Waals surface area contributed by atoms with Gasteiger partial charge in [-0.1, -0.05) is 24.2 Å². The van der Waals surface area contributed by atoms with E-state index in [2.05, 4.69) is 14.7 Å². The summed E-state index contributed by atoms with van der Waals surface area (Å²) in [6.07, 6.45) is -5.23. The lowest BCUT2D eigenvalue weighted by molar-refractivity contribution is -0.396. The van der Waals surface area contributed by atoms with E-state index in [9.17, 15) is 23.1 Å². The fourth-order valence-corrected chi connectivity index (χ4v) is 1.90. The van der Waals surface area contributed by atoms with Gasteiger partial charge in [-0.15, -0.1) is 0 Å². The summed E-state index contributed by atoms with van der Waals surface area (Å²) in [5, 5.41) is 42.3. The van der Waals surface area contributed by atoms with Crippen molar-refractivity contribution in [2.75, 3.05) is 0 Å². The van der Waals surface area contributed by atoms with Gasteiger partial charge in [-0.25, -0.2) is 0 Å². The van der Waals surface area contributed by atoms with Gasteiger partial charge >= 0.3 is 18.0 Å². The summed E-state index contributed by atoms with van der Waals surface area (Å²) in [6.45, 7) is 1.27. The minimum absolute atomic E-state index is 0.0931. The molecule has 142 valence electrons. The maximum absolute atomic E-state index is 12.4. The molecule has 5 N–H and O–H groups in total. The van der Waals surface area contributed by atoms with E-state index >= 15 is 0 Å². The zero-order chi connectivity index (χ0) is 19.8. The number of rotatable bonds is 5. The first kappa shape index (κ1) is 19.8. The summed E-state index contributed by atoms with van der Waals surface area (Å²) in [7, 11) is 0. The highest BCUT2D eigenvalue weighted by molar-refractivity contribution is 5.95. The smallest absolute Gasteiger partial charge is 0.364 e. The van der Waals surface area contributed by atoms with E-state index in [-0.39, 0.29) is 17.0 Å². The fraction of sp³-hybridized carbons (Fsp3) is 0.357. The molecule has 0 saturated carbocycles. The summed E-state index contributed by atoms with van der Waals surface area (Å²) in [6, 6.07) is 4.76. The molecule has 1 amide bonds. The lowest BCUT2D eigenvalue weighted by Gasteiger charge is -2.34. The molecule has 1 aromatic carbocycles. The normalized spacial score (nSPS) is 14.8. The molecular weight excluding hydrogens is 363 g/mol. The predicted octanol–water partition coefficient (Wildman–Crippen LogP) is 0.214. The number of alkyl halides is 3. The van der Waals surface area contributed by atoms with Crippen LogP contribution in [-0.2, 0) is 6.18 Å². The van der Waals surface area contributed by atoms with Gasteiger partial charge in [0.05, 0.1) is 0 Å². The van der Waals surface area contributed by atoms with Gasteiger partial charge in [-0.05, 0) is 12.1 Å². The number of carbonyl (C=O) groups is 1. The Balaban J connectivity index is 2.19. The molecule has 1 unspecified atom stereocenters. The molecule has 2 aromatic rings. The summed E-state index contributed by atoms with van der Waals surface area (Å²) in [5.41, 5.74) is -2.71. The summed E-state index contributed by atoms with van der Waals surface area (Å²) in [5.74, 6) is -6.44. The molecule has 0 spiro atoms. The van der Waals surface area contributed by atoms with E-state index in [0.29, 0.717) is 0 Å². The largest absolute Gasteiger partial charge is 0.471 e. The van der Waals surface area contributed by atoms with Crippen LogP contribution in [0.25, 0.3) is 11.4 Å². The molecule has 0 saturated heterocycles. The Morgan fingerprint density at radius 2 is 1.73 bits per heavy atom. The van der Waals surface area contributed by atoms with Crippen molar-refractivity contribution in [1.82, 2.24) is 15.5 Å². The van der Waals surface area contributed by atoms with Crippen LogP contribution >= 0.6 is 0 Å². The van der Waals surface area contributed by atoms with Crippen molar-refractivity contribution in [1.29, 1.82) is 0 Å². The number of nitrogens with one attached hydrogen (secondary N) is 1. The van der Waals surface area contributed by atoms with Crippen LogP contribution in [-0.4, -0.2) is 48.2 Å². The van der Waals surface area contributed by atoms with Gasteiger partial charge in [0.25, 0.3) is 5.91 Å². The zero-order valence-corrected chi connectivity index (χ0v) is 13.2. The predicted molar refractivity (Wildman–Crippen MR) is 76.8 cm³/mol. The molecule has 26 heavy (non-hydrogen) atoms. The monoisotopic (exact) mass is 377 g/mol. The van der Waals surface area contributed by atoms with Gasteiger partial charge in [-0.2, -0.15) is 18.2 Å². The van der Waals surface area contributed by atoms with E-state index in [0.717, 1.165) is 12.1 Å². The highest BCUT2D eigenvalue weighted by Crippen LogP contribution is 2.29. The zero-order valence-electron chi connectivity index (χ0n) is 13.2.